The van der Waals surface area contributed by atoms with Gasteiger partial charge in [-0.3, -0.25) is 4.79 Å². The molecule has 1 aliphatic heterocycles. The predicted molar refractivity (Wildman–Crippen MR) is 134 cm³/mol. The lowest BCUT2D eigenvalue weighted by atomic mass is 9.94. The van der Waals surface area contributed by atoms with Crippen LogP contribution in [0.15, 0.2) is 54.9 Å². The summed E-state index contributed by atoms with van der Waals surface area (Å²) in [4.78, 5) is 22.1. The van der Waals surface area contributed by atoms with E-state index < -0.39 is 17.7 Å². The number of carboxylic acid groups (broad SMARTS) is 1. The molecule has 1 aliphatic rings. The number of alkyl halides is 3. The number of anilines is 1. The molecule has 9 heteroatoms. The Balaban J connectivity index is 1.41. The molecule has 1 unspecified atom stereocenters. The van der Waals surface area contributed by atoms with Gasteiger partial charge in [0.25, 0.3) is 0 Å². The SMILES string of the molecule is CCc1cnc(N(CCCC2CCc3c(CC(=O)O)cccc3O2)Cc2ccc(C(F)(F)F)cc2)nc1. The third-order valence-corrected chi connectivity index (χ3v) is 6.57. The van der Waals surface area contributed by atoms with E-state index in [4.69, 9.17) is 9.84 Å². The second kappa shape index (κ2) is 11.6. The summed E-state index contributed by atoms with van der Waals surface area (Å²) in [6.07, 6.45) is 3.09. The molecule has 3 aromatic rings. The van der Waals surface area contributed by atoms with Gasteiger partial charge in [0.15, 0.2) is 0 Å². The Morgan fingerprint density at radius 3 is 2.49 bits per heavy atom. The fourth-order valence-electron chi connectivity index (χ4n) is 4.55. The average molecular weight is 514 g/mol. The van der Waals surface area contributed by atoms with Crippen molar-refractivity contribution in [1.29, 1.82) is 0 Å². The number of aromatic nitrogens is 2. The normalized spacial score (nSPS) is 15.1. The Morgan fingerprint density at radius 2 is 1.84 bits per heavy atom. The lowest BCUT2D eigenvalue weighted by Gasteiger charge is -2.29. The Morgan fingerprint density at radius 1 is 1.11 bits per heavy atom. The Hall–Kier alpha value is -3.62. The van der Waals surface area contributed by atoms with E-state index in [2.05, 4.69) is 9.97 Å². The molecule has 0 spiro atoms. The van der Waals surface area contributed by atoms with Crippen LogP contribution in [0.2, 0.25) is 0 Å². The maximum Gasteiger partial charge on any atom is 0.416 e. The van der Waals surface area contributed by atoms with E-state index in [-0.39, 0.29) is 12.5 Å². The van der Waals surface area contributed by atoms with Gasteiger partial charge in [0.05, 0.1) is 18.1 Å². The first-order chi connectivity index (χ1) is 17.7. The minimum absolute atomic E-state index is 0.00360. The number of benzene rings is 2. The van der Waals surface area contributed by atoms with Crippen LogP contribution in [0.25, 0.3) is 0 Å². The first-order valence-electron chi connectivity index (χ1n) is 12.4. The molecule has 0 aliphatic carbocycles. The molecule has 0 saturated carbocycles. The van der Waals surface area contributed by atoms with E-state index >= 15 is 0 Å². The van der Waals surface area contributed by atoms with Crippen LogP contribution in [0.1, 0.15) is 54.0 Å². The van der Waals surface area contributed by atoms with Gasteiger partial charge >= 0.3 is 12.1 Å². The summed E-state index contributed by atoms with van der Waals surface area (Å²) in [6.45, 7) is 3.01. The van der Waals surface area contributed by atoms with Crippen LogP contribution < -0.4 is 9.64 Å². The smallest absolute Gasteiger partial charge is 0.416 e. The average Bonchev–Trinajstić information content (AvgIpc) is 2.88. The largest absolute Gasteiger partial charge is 0.490 e. The van der Waals surface area contributed by atoms with Crippen LogP contribution in [-0.4, -0.2) is 33.7 Å². The van der Waals surface area contributed by atoms with Gasteiger partial charge in [-0.15, -0.1) is 0 Å². The number of rotatable bonds is 10. The zero-order valence-electron chi connectivity index (χ0n) is 20.7. The standard InChI is InChI=1S/C28H30F3N3O3/c1-2-19-16-32-27(33-17-19)34(18-20-8-10-22(11-9-20)28(29,30)31)14-4-6-23-12-13-24-21(15-26(35)36)5-3-7-25(24)37-23/h3,5,7-11,16-17,23H,2,4,6,12-15,18H2,1H3,(H,35,36). The number of halogens is 3. The van der Waals surface area contributed by atoms with Gasteiger partial charge in [-0.25, -0.2) is 9.97 Å². The van der Waals surface area contributed by atoms with E-state index in [9.17, 15) is 18.0 Å². The molecule has 0 fully saturated rings. The highest BCUT2D eigenvalue weighted by molar-refractivity contribution is 5.71. The molecule has 2 heterocycles. The molecule has 1 N–H and O–H groups in total. The molecular weight excluding hydrogens is 483 g/mol. The zero-order valence-corrected chi connectivity index (χ0v) is 20.7. The van der Waals surface area contributed by atoms with Crippen molar-refractivity contribution in [1.82, 2.24) is 9.97 Å². The van der Waals surface area contributed by atoms with Crippen LogP contribution >= 0.6 is 0 Å². The van der Waals surface area contributed by atoms with Gasteiger partial charge in [0.2, 0.25) is 5.95 Å². The zero-order chi connectivity index (χ0) is 26.4. The van der Waals surface area contributed by atoms with Crippen molar-refractivity contribution in [3.63, 3.8) is 0 Å². The molecule has 1 aromatic heterocycles. The van der Waals surface area contributed by atoms with Crippen molar-refractivity contribution in [2.24, 2.45) is 0 Å². The summed E-state index contributed by atoms with van der Waals surface area (Å²) in [6, 6.07) is 10.7. The van der Waals surface area contributed by atoms with Gasteiger partial charge in [0, 0.05) is 25.5 Å². The number of carbonyl (C=O) groups is 1. The Kier molecular flexibility index (Phi) is 8.31. The monoisotopic (exact) mass is 513 g/mol. The van der Waals surface area contributed by atoms with Gasteiger partial charge in [-0.1, -0.05) is 31.2 Å². The van der Waals surface area contributed by atoms with E-state index in [1.165, 1.54) is 12.1 Å². The van der Waals surface area contributed by atoms with E-state index in [0.29, 0.717) is 19.0 Å². The number of ether oxygens (including phenoxy) is 1. The lowest BCUT2D eigenvalue weighted by molar-refractivity contribution is -0.138. The summed E-state index contributed by atoms with van der Waals surface area (Å²) in [5.41, 5.74) is 2.83. The van der Waals surface area contributed by atoms with Crippen LogP contribution in [0.5, 0.6) is 5.75 Å². The second-order valence-corrected chi connectivity index (χ2v) is 9.25. The van der Waals surface area contributed by atoms with Crippen molar-refractivity contribution in [2.75, 3.05) is 11.4 Å². The Labute approximate surface area is 214 Å². The third-order valence-electron chi connectivity index (χ3n) is 6.57. The fraction of sp³-hybridized carbons (Fsp3) is 0.393. The highest BCUT2D eigenvalue weighted by atomic mass is 19.4. The first kappa shape index (κ1) is 26.4. The molecule has 37 heavy (non-hydrogen) atoms. The quantitative estimate of drug-likeness (QED) is 0.366. The molecule has 196 valence electrons. The number of aliphatic carboxylic acids is 1. The van der Waals surface area contributed by atoms with E-state index in [1.807, 2.05) is 30.0 Å². The van der Waals surface area contributed by atoms with Gasteiger partial charge in [0.1, 0.15) is 5.75 Å². The molecule has 0 radical (unpaired) electrons. The van der Waals surface area contributed by atoms with Gasteiger partial charge in [-0.2, -0.15) is 13.2 Å². The number of hydrogen-bond donors (Lipinski definition) is 1. The molecule has 0 amide bonds. The van der Waals surface area contributed by atoms with Crippen LogP contribution in [0.3, 0.4) is 0 Å². The number of fused-ring (bicyclic) bond motifs is 1. The number of hydrogen-bond acceptors (Lipinski definition) is 5. The van der Waals surface area contributed by atoms with Crippen molar-refractivity contribution < 1.29 is 27.8 Å². The maximum absolute atomic E-state index is 13.0. The molecule has 4 rings (SSSR count). The highest BCUT2D eigenvalue weighted by Gasteiger charge is 2.30. The topological polar surface area (TPSA) is 75.6 Å². The first-order valence-corrected chi connectivity index (χ1v) is 12.4. The molecule has 6 nitrogen and oxygen atoms in total. The molecule has 0 saturated heterocycles. The maximum atomic E-state index is 13.0. The van der Waals surface area contributed by atoms with Gasteiger partial charge in [-0.05, 0) is 72.6 Å². The summed E-state index contributed by atoms with van der Waals surface area (Å²) in [7, 11) is 0. The van der Waals surface area contributed by atoms with Crippen molar-refractivity contribution in [3.8, 4) is 5.75 Å². The third kappa shape index (κ3) is 6.99. The Bertz CT molecular complexity index is 1200. The van der Waals surface area contributed by atoms with Crippen LogP contribution in [0, 0.1) is 0 Å². The fourth-order valence-corrected chi connectivity index (χ4v) is 4.55. The lowest BCUT2D eigenvalue weighted by Crippen LogP contribution is -2.29. The van der Waals surface area contributed by atoms with Crippen LogP contribution in [0.4, 0.5) is 19.1 Å². The van der Waals surface area contributed by atoms with E-state index in [0.717, 1.165) is 72.2 Å². The summed E-state index contributed by atoms with van der Waals surface area (Å²) >= 11 is 0. The highest BCUT2D eigenvalue weighted by Crippen LogP contribution is 2.32. The van der Waals surface area contributed by atoms with Crippen LogP contribution in [-0.2, 0) is 36.8 Å². The molecular formula is C28H30F3N3O3. The predicted octanol–water partition coefficient (Wildman–Crippen LogP) is 5.87. The van der Waals surface area contributed by atoms with Crippen molar-refractivity contribution in [2.45, 2.75) is 64.3 Å². The minimum Gasteiger partial charge on any atom is -0.490 e. The van der Waals surface area contributed by atoms with Crippen molar-refractivity contribution in [3.05, 3.63) is 82.7 Å². The number of nitrogens with zero attached hydrogens (tertiary/aromatic N) is 3. The van der Waals surface area contributed by atoms with Crippen molar-refractivity contribution >= 4 is 11.9 Å². The minimum atomic E-state index is -4.37. The number of aryl methyl sites for hydroxylation is 1. The summed E-state index contributed by atoms with van der Waals surface area (Å²) < 4.78 is 45.1. The number of carboxylic acids is 1. The van der Waals surface area contributed by atoms with E-state index in [1.54, 1.807) is 12.4 Å². The van der Waals surface area contributed by atoms with Gasteiger partial charge < -0.3 is 14.7 Å². The molecule has 2 aromatic carbocycles. The second-order valence-electron chi connectivity index (χ2n) is 9.25. The molecule has 1 atom stereocenters. The summed E-state index contributed by atoms with van der Waals surface area (Å²) in [5.74, 6) is 0.415. The molecule has 0 bridgehead atoms. The summed E-state index contributed by atoms with van der Waals surface area (Å²) in [5, 5.41) is 9.16.